The molecule has 1 aliphatic rings. The van der Waals surface area contributed by atoms with Gasteiger partial charge in [0, 0.05) is 34.2 Å². The number of carbonyl (C=O) groups excluding carboxylic acids is 4. The topological polar surface area (TPSA) is 167 Å². The van der Waals surface area contributed by atoms with Crippen LogP contribution >= 0.6 is 0 Å². The Kier molecular flexibility index (Phi) is 18.2. The third-order valence-corrected chi connectivity index (χ3v) is 10.6. The van der Waals surface area contributed by atoms with Gasteiger partial charge in [-0.1, -0.05) is 85.2 Å². The van der Waals surface area contributed by atoms with Crippen LogP contribution in [0.3, 0.4) is 0 Å². The summed E-state index contributed by atoms with van der Waals surface area (Å²) in [4.78, 5) is 70.3. The Morgan fingerprint density at radius 2 is 1.54 bits per heavy atom. The first-order valence-corrected chi connectivity index (χ1v) is 18.7. The fraction of sp³-hybridized carbons (Fsp3) is 0.718. The number of rotatable bonds is 21. The van der Waals surface area contributed by atoms with E-state index < -0.39 is 60.2 Å². The van der Waals surface area contributed by atoms with E-state index in [0.717, 1.165) is 12.0 Å². The van der Waals surface area contributed by atoms with E-state index in [9.17, 15) is 29.1 Å². The molecule has 1 heterocycles. The first kappa shape index (κ1) is 44.6. The third kappa shape index (κ3) is 11.7. The second-order valence-corrected chi connectivity index (χ2v) is 14.9. The van der Waals surface area contributed by atoms with Gasteiger partial charge in [0.05, 0.1) is 42.7 Å². The summed E-state index contributed by atoms with van der Waals surface area (Å²) >= 11 is 0. The molecule has 13 nitrogen and oxygen atoms in total. The van der Waals surface area contributed by atoms with Crippen LogP contribution in [0.2, 0.25) is 0 Å². The number of likely N-dealkylation sites (N-methyl/N-ethyl adjacent to an activating group) is 2. The Balaban J connectivity index is 2.26. The zero-order valence-corrected chi connectivity index (χ0v) is 33.2. The second-order valence-electron chi connectivity index (χ2n) is 14.9. The van der Waals surface area contributed by atoms with Crippen molar-refractivity contribution in [1.29, 1.82) is 0 Å². The Morgan fingerprint density at radius 3 is 2.04 bits per heavy atom. The molecule has 294 valence electrons. The standard InChI is InChI=1S/C39H65N5O8/c1-12-25(6)34(43(9)38(48)33(24(4)5)42-37(47)32(40-8)23(2)3)30(51-10)22-31(45)44-20-16-19-29(44)35(52-11)26(7)36(46)41-28(39(49)50)21-27-17-14-13-15-18-27/h13-15,17-18,23-26,28-30,32-35,40H,12,16,19-22H2,1-11H3,(H,41,46)(H,42,47)(H,49,50). The molecule has 52 heavy (non-hydrogen) atoms. The normalized spacial score (nSPS) is 19.2. The zero-order valence-electron chi connectivity index (χ0n) is 33.2. The zero-order chi connectivity index (χ0) is 39.3. The maximum Gasteiger partial charge on any atom is 0.326 e. The molecule has 1 aliphatic heterocycles. The molecule has 0 saturated carbocycles. The van der Waals surface area contributed by atoms with Gasteiger partial charge in [0.1, 0.15) is 12.1 Å². The molecule has 1 saturated heterocycles. The monoisotopic (exact) mass is 731 g/mol. The number of nitrogens with one attached hydrogen (secondary N) is 3. The minimum absolute atomic E-state index is 0.0112. The highest BCUT2D eigenvalue weighted by atomic mass is 16.5. The van der Waals surface area contributed by atoms with Gasteiger partial charge in [0.2, 0.25) is 23.6 Å². The predicted octanol–water partition coefficient (Wildman–Crippen LogP) is 3.10. The number of aliphatic carboxylic acids is 1. The van der Waals surface area contributed by atoms with Crippen molar-refractivity contribution in [3.05, 3.63) is 35.9 Å². The van der Waals surface area contributed by atoms with Crippen molar-refractivity contribution in [2.45, 2.75) is 123 Å². The molecule has 0 aliphatic carbocycles. The number of nitrogens with zero attached hydrogens (tertiary/aromatic N) is 2. The van der Waals surface area contributed by atoms with Crippen LogP contribution in [-0.2, 0) is 39.9 Å². The molecular formula is C39H65N5O8. The number of ether oxygens (including phenoxy) is 2. The molecule has 4 N–H and O–H groups in total. The van der Waals surface area contributed by atoms with E-state index in [1.165, 1.54) is 14.2 Å². The van der Waals surface area contributed by atoms with Gasteiger partial charge in [-0.05, 0) is 43.2 Å². The van der Waals surface area contributed by atoms with Crippen LogP contribution in [-0.4, -0.2) is 122 Å². The van der Waals surface area contributed by atoms with E-state index >= 15 is 0 Å². The summed E-state index contributed by atoms with van der Waals surface area (Å²) in [6.07, 6.45) is 0.818. The van der Waals surface area contributed by atoms with Crippen molar-refractivity contribution in [3.63, 3.8) is 0 Å². The SMILES string of the molecule is CCC(C)C(C(CC(=O)N1CCCC1C(OC)C(C)C(=O)NC(Cc1ccccc1)C(=O)O)OC)N(C)C(=O)C(NC(=O)C(NC)C(C)C)C(C)C. The lowest BCUT2D eigenvalue weighted by Crippen LogP contribution is -2.59. The minimum Gasteiger partial charge on any atom is -0.480 e. The highest BCUT2D eigenvalue weighted by Crippen LogP contribution is 2.29. The molecule has 1 fully saturated rings. The largest absolute Gasteiger partial charge is 0.480 e. The van der Waals surface area contributed by atoms with Gasteiger partial charge in [0.15, 0.2) is 0 Å². The molecule has 0 radical (unpaired) electrons. The molecule has 9 atom stereocenters. The fourth-order valence-electron chi connectivity index (χ4n) is 7.40. The van der Waals surface area contributed by atoms with Crippen molar-refractivity contribution in [2.75, 3.05) is 34.9 Å². The Bertz CT molecular complexity index is 1310. The highest BCUT2D eigenvalue weighted by molar-refractivity contribution is 5.90. The van der Waals surface area contributed by atoms with E-state index in [4.69, 9.17) is 9.47 Å². The third-order valence-electron chi connectivity index (χ3n) is 10.6. The number of methoxy groups -OCH3 is 2. The number of carboxylic acid groups (broad SMARTS) is 1. The van der Waals surface area contributed by atoms with E-state index in [0.29, 0.717) is 19.4 Å². The van der Waals surface area contributed by atoms with Crippen molar-refractivity contribution in [2.24, 2.45) is 23.7 Å². The lowest BCUT2D eigenvalue weighted by Gasteiger charge is -2.41. The molecule has 1 aromatic carbocycles. The number of carboxylic acids is 1. The molecule has 9 unspecified atom stereocenters. The van der Waals surface area contributed by atoms with Crippen LogP contribution in [0.1, 0.15) is 79.7 Å². The van der Waals surface area contributed by atoms with Gasteiger partial charge in [0.25, 0.3) is 0 Å². The lowest BCUT2D eigenvalue weighted by atomic mass is 9.89. The van der Waals surface area contributed by atoms with Crippen LogP contribution in [0.5, 0.6) is 0 Å². The summed E-state index contributed by atoms with van der Waals surface area (Å²) in [5.74, 6) is -3.27. The van der Waals surface area contributed by atoms with Crippen LogP contribution in [0.25, 0.3) is 0 Å². The molecular weight excluding hydrogens is 666 g/mol. The predicted molar refractivity (Wildman–Crippen MR) is 200 cm³/mol. The molecule has 2 rings (SSSR count). The highest BCUT2D eigenvalue weighted by Gasteiger charge is 2.43. The van der Waals surface area contributed by atoms with Gasteiger partial charge < -0.3 is 40.3 Å². The fourth-order valence-corrected chi connectivity index (χ4v) is 7.40. The molecule has 0 aromatic heterocycles. The lowest BCUT2D eigenvalue weighted by molar-refractivity contribution is -0.148. The average molecular weight is 732 g/mol. The van der Waals surface area contributed by atoms with Gasteiger partial charge in [-0.2, -0.15) is 0 Å². The van der Waals surface area contributed by atoms with Gasteiger partial charge in [-0.15, -0.1) is 0 Å². The Hall–Kier alpha value is -3.55. The molecule has 1 aromatic rings. The molecule has 0 bridgehead atoms. The van der Waals surface area contributed by atoms with E-state index in [-0.39, 0.29) is 48.3 Å². The van der Waals surface area contributed by atoms with Crippen molar-refractivity contribution in [3.8, 4) is 0 Å². The van der Waals surface area contributed by atoms with E-state index in [1.807, 2.05) is 71.9 Å². The van der Waals surface area contributed by atoms with Crippen molar-refractivity contribution in [1.82, 2.24) is 25.8 Å². The van der Waals surface area contributed by atoms with E-state index in [1.54, 1.807) is 30.8 Å². The van der Waals surface area contributed by atoms with Crippen LogP contribution in [0.4, 0.5) is 0 Å². The Labute approximate surface area is 310 Å². The van der Waals surface area contributed by atoms with Gasteiger partial charge in [-0.3, -0.25) is 19.2 Å². The quantitative estimate of drug-likeness (QED) is 0.149. The van der Waals surface area contributed by atoms with Crippen molar-refractivity contribution >= 4 is 29.6 Å². The number of hydrogen-bond acceptors (Lipinski definition) is 8. The summed E-state index contributed by atoms with van der Waals surface area (Å²) < 4.78 is 11.8. The number of carbonyl (C=O) groups is 5. The smallest absolute Gasteiger partial charge is 0.326 e. The maximum absolute atomic E-state index is 14.1. The van der Waals surface area contributed by atoms with Crippen LogP contribution < -0.4 is 16.0 Å². The number of benzene rings is 1. The van der Waals surface area contributed by atoms with Gasteiger partial charge in [-0.25, -0.2) is 4.79 Å². The van der Waals surface area contributed by atoms with Crippen molar-refractivity contribution < 1.29 is 38.6 Å². The van der Waals surface area contributed by atoms with Crippen LogP contribution in [0.15, 0.2) is 30.3 Å². The summed E-state index contributed by atoms with van der Waals surface area (Å²) in [5.41, 5.74) is 0.785. The average Bonchev–Trinajstić information content (AvgIpc) is 3.59. The second kappa shape index (κ2) is 21.2. The number of amides is 4. The van der Waals surface area contributed by atoms with E-state index in [2.05, 4.69) is 16.0 Å². The summed E-state index contributed by atoms with van der Waals surface area (Å²) in [6, 6.07) is 5.84. The molecule has 0 spiro atoms. The summed E-state index contributed by atoms with van der Waals surface area (Å²) in [7, 11) is 6.46. The first-order chi connectivity index (χ1) is 24.5. The number of hydrogen-bond donors (Lipinski definition) is 4. The summed E-state index contributed by atoms with van der Waals surface area (Å²) in [6.45, 7) is 13.9. The Morgan fingerprint density at radius 1 is 0.923 bits per heavy atom. The number of likely N-dealkylation sites (tertiary alicyclic amines) is 1. The summed E-state index contributed by atoms with van der Waals surface area (Å²) in [5, 5.41) is 18.5. The van der Waals surface area contributed by atoms with Gasteiger partial charge >= 0.3 is 5.97 Å². The first-order valence-electron chi connectivity index (χ1n) is 18.7. The molecule has 4 amide bonds. The minimum atomic E-state index is -1.14. The van der Waals surface area contributed by atoms with Crippen LogP contribution in [0, 0.1) is 23.7 Å². The molecule has 13 heteroatoms. The maximum atomic E-state index is 14.1.